The Hall–Kier alpha value is -4.04. The van der Waals surface area contributed by atoms with E-state index in [4.69, 9.17) is 16.3 Å². The lowest BCUT2D eigenvalue weighted by Gasteiger charge is -2.12. The number of anilines is 1. The van der Waals surface area contributed by atoms with Crippen molar-refractivity contribution in [3.8, 4) is 11.4 Å². The number of ketones is 1. The van der Waals surface area contributed by atoms with Crippen molar-refractivity contribution in [2.75, 3.05) is 11.9 Å². The number of aromatic nitrogens is 3. The number of halogens is 2. The molecule has 1 amide bonds. The fourth-order valence-electron chi connectivity index (χ4n) is 2.95. The lowest BCUT2D eigenvalue weighted by atomic mass is 10.0. The van der Waals surface area contributed by atoms with E-state index in [2.05, 4.69) is 15.4 Å². The van der Waals surface area contributed by atoms with Crippen molar-refractivity contribution in [1.82, 2.24) is 14.8 Å². The van der Waals surface area contributed by atoms with Crippen LogP contribution in [0.15, 0.2) is 79.4 Å². The van der Waals surface area contributed by atoms with E-state index in [-0.39, 0.29) is 12.4 Å². The number of rotatable bonds is 7. The lowest BCUT2D eigenvalue weighted by molar-refractivity contribution is -0.118. The molecule has 3 aromatic carbocycles. The molecule has 0 bridgehead atoms. The Balaban J connectivity index is 1.38. The van der Waals surface area contributed by atoms with Gasteiger partial charge >= 0.3 is 0 Å². The van der Waals surface area contributed by atoms with Crippen LogP contribution in [0.1, 0.15) is 15.9 Å². The fraction of sp³-hybridized carbons (Fsp3) is 0.0435. The molecule has 7 nitrogen and oxygen atoms in total. The third kappa shape index (κ3) is 4.98. The van der Waals surface area contributed by atoms with Gasteiger partial charge in [-0.3, -0.25) is 9.59 Å². The monoisotopic (exact) mass is 450 g/mol. The third-order valence-electron chi connectivity index (χ3n) is 4.49. The molecule has 0 aliphatic carbocycles. The van der Waals surface area contributed by atoms with Crippen molar-refractivity contribution in [3.63, 3.8) is 0 Å². The average molecular weight is 451 g/mol. The topological polar surface area (TPSA) is 86.1 Å². The number of ether oxygens (including phenoxy) is 1. The van der Waals surface area contributed by atoms with Crippen LogP contribution in [0.2, 0.25) is 5.02 Å². The van der Waals surface area contributed by atoms with Crippen LogP contribution in [0.25, 0.3) is 5.69 Å². The van der Waals surface area contributed by atoms with E-state index in [1.54, 1.807) is 42.5 Å². The van der Waals surface area contributed by atoms with Crippen LogP contribution < -0.4 is 10.1 Å². The molecular weight excluding hydrogens is 435 g/mol. The molecule has 0 saturated carbocycles. The second kappa shape index (κ2) is 9.40. The summed E-state index contributed by atoms with van der Waals surface area (Å²) >= 11 is 6.05. The van der Waals surface area contributed by atoms with Crippen LogP contribution in [0.3, 0.4) is 0 Å². The van der Waals surface area contributed by atoms with E-state index in [9.17, 15) is 14.0 Å². The maximum Gasteiger partial charge on any atom is 0.262 e. The van der Waals surface area contributed by atoms with Crippen molar-refractivity contribution in [2.45, 2.75) is 0 Å². The molecule has 0 aliphatic rings. The second-order valence-electron chi connectivity index (χ2n) is 6.70. The highest BCUT2D eigenvalue weighted by molar-refractivity contribution is 6.31. The Labute approximate surface area is 187 Å². The predicted octanol–water partition coefficient (Wildman–Crippen LogP) is 4.31. The molecule has 9 heteroatoms. The van der Waals surface area contributed by atoms with Gasteiger partial charge in [-0.1, -0.05) is 11.6 Å². The largest absolute Gasteiger partial charge is 0.484 e. The number of carbonyl (C=O) groups excluding carboxylic acids is 2. The first-order chi connectivity index (χ1) is 15.5. The van der Waals surface area contributed by atoms with Crippen molar-refractivity contribution < 1.29 is 18.7 Å². The van der Waals surface area contributed by atoms with Gasteiger partial charge in [0.25, 0.3) is 5.91 Å². The highest BCUT2D eigenvalue weighted by Crippen LogP contribution is 2.24. The standard InChI is InChI=1S/C23H16ClFN4O3/c24-17-5-10-21(29-14-26-13-27-29)20(11-17)28-22(30)12-32-19-8-3-16(4-9-19)23(31)15-1-6-18(25)7-2-15/h1-11,13-14H,12H2,(H,28,30). The molecule has 32 heavy (non-hydrogen) atoms. The summed E-state index contributed by atoms with van der Waals surface area (Å²) in [6, 6.07) is 16.7. The Morgan fingerprint density at radius 2 is 1.69 bits per heavy atom. The van der Waals surface area contributed by atoms with Gasteiger partial charge in [0.2, 0.25) is 0 Å². The molecule has 1 aromatic heterocycles. The van der Waals surface area contributed by atoms with Crippen LogP contribution in [-0.4, -0.2) is 33.1 Å². The first-order valence-electron chi connectivity index (χ1n) is 9.47. The second-order valence-corrected chi connectivity index (χ2v) is 7.14. The first kappa shape index (κ1) is 21.2. The highest BCUT2D eigenvalue weighted by Gasteiger charge is 2.12. The Morgan fingerprint density at radius 3 is 2.34 bits per heavy atom. The quantitative estimate of drug-likeness (QED) is 0.424. The number of amides is 1. The predicted molar refractivity (Wildman–Crippen MR) is 117 cm³/mol. The molecule has 4 aromatic rings. The molecule has 0 fully saturated rings. The van der Waals surface area contributed by atoms with Gasteiger partial charge in [-0.15, -0.1) is 0 Å². The number of benzene rings is 3. The van der Waals surface area contributed by atoms with Crippen LogP contribution in [-0.2, 0) is 4.79 Å². The zero-order chi connectivity index (χ0) is 22.5. The molecule has 160 valence electrons. The smallest absolute Gasteiger partial charge is 0.262 e. The minimum absolute atomic E-state index is 0.240. The van der Waals surface area contributed by atoms with Crippen molar-refractivity contribution >= 4 is 29.0 Å². The minimum atomic E-state index is -0.408. The van der Waals surface area contributed by atoms with Gasteiger partial charge in [0.05, 0.1) is 11.4 Å². The fourth-order valence-corrected chi connectivity index (χ4v) is 3.12. The van der Waals surface area contributed by atoms with Crippen molar-refractivity contribution in [3.05, 3.63) is 101 Å². The number of hydrogen-bond donors (Lipinski definition) is 1. The van der Waals surface area contributed by atoms with Gasteiger partial charge in [-0.2, -0.15) is 5.10 Å². The summed E-state index contributed by atoms with van der Waals surface area (Å²) in [5, 5.41) is 7.25. The van der Waals surface area contributed by atoms with E-state index in [1.807, 2.05) is 0 Å². The molecule has 1 N–H and O–H groups in total. The van der Waals surface area contributed by atoms with Crippen LogP contribution >= 0.6 is 11.6 Å². The van der Waals surface area contributed by atoms with E-state index in [0.717, 1.165) is 0 Å². The van der Waals surface area contributed by atoms with Gasteiger partial charge < -0.3 is 10.1 Å². The van der Waals surface area contributed by atoms with E-state index >= 15 is 0 Å². The first-order valence-corrected chi connectivity index (χ1v) is 9.85. The lowest BCUT2D eigenvalue weighted by Crippen LogP contribution is -2.21. The average Bonchev–Trinajstić information content (AvgIpc) is 3.33. The van der Waals surface area contributed by atoms with E-state index in [1.165, 1.54) is 41.6 Å². The number of hydrogen-bond acceptors (Lipinski definition) is 5. The zero-order valence-electron chi connectivity index (χ0n) is 16.5. The SMILES string of the molecule is O=C(COc1ccc(C(=O)c2ccc(F)cc2)cc1)Nc1cc(Cl)ccc1-n1cncn1. The Morgan fingerprint density at radius 1 is 1.00 bits per heavy atom. The van der Waals surface area contributed by atoms with Gasteiger partial charge in [-0.05, 0) is 66.7 Å². The Bertz CT molecular complexity index is 1240. The van der Waals surface area contributed by atoms with Crippen LogP contribution in [0.4, 0.5) is 10.1 Å². The number of nitrogens with one attached hydrogen (secondary N) is 1. The Kier molecular flexibility index (Phi) is 6.23. The number of carbonyl (C=O) groups is 2. The highest BCUT2D eigenvalue weighted by atomic mass is 35.5. The molecule has 0 unspecified atom stereocenters. The zero-order valence-corrected chi connectivity index (χ0v) is 17.3. The molecule has 0 spiro atoms. The molecule has 4 rings (SSSR count). The summed E-state index contributed by atoms with van der Waals surface area (Å²) < 4.78 is 20.1. The summed E-state index contributed by atoms with van der Waals surface area (Å²) in [7, 11) is 0. The molecule has 0 atom stereocenters. The third-order valence-corrected chi connectivity index (χ3v) is 4.73. The summed E-state index contributed by atoms with van der Waals surface area (Å²) in [4.78, 5) is 28.7. The normalized spacial score (nSPS) is 10.6. The van der Waals surface area contributed by atoms with Gasteiger partial charge in [0, 0.05) is 16.1 Å². The summed E-state index contributed by atoms with van der Waals surface area (Å²) in [5.74, 6) is -0.635. The summed E-state index contributed by atoms with van der Waals surface area (Å²) in [6.07, 6.45) is 2.89. The van der Waals surface area contributed by atoms with E-state index in [0.29, 0.717) is 33.3 Å². The molecule has 0 radical (unpaired) electrons. The van der Waals surface area contributed by atoms with Crippen molar-refractivity contribution in [2.24, 2.45) is 0 Å². The molecule has 1 heterocycles. The number of nitrogens with zero attached hydrogens (tertiary/aromatic N) is 3. The van der Waals surface area contributed by atoms with Crippen LogP contribution in [0.5, 0.6) is 5.75 Å². The maximum absolute atomic E-state index is 13.0. The molecule has 0 aliphatic heterocycles. The van der Waals surface area contributed by atoms with E-state index < -0.39 is 11.7 Å². The minimum Gasteiger partial charge on any atom is -0.484 e. The molecule has 0 saturated heterocycles. The van der Waals surface area contributed by atoms with Gasteiger partial charge in [0.15, 0.2) is 12.4 Å². The molecular formula is C23H16ClFN4O3. The maximum atomic E-state index is 13.0. The van der Waals surface area contributed by atoms with Crippen LogP contribution in [0, 0.1) is 5.82 Å². The summed E-state index contributed by atoms with van der Waals surface area (Å²) in [6.45, 7) is -0.255. The van der Waals surface area contributed by atoms with Gasteiger partial charge in [-0.25, -0.2) is 14.1 Å². The summed E-state index contributed by atoms with van der Waals surface area (Å²) in [5.41, 5.74) is 1.86. The van der Waals surface area contributed by atoms with Gasteiger partial charge in [0.1, 0.15) is 24.2 Å². The van der Waals surface area contributed by atoms with Crippen molar-refractivity contribution in [1.29, 1.82) is 0 Å².